The molecule has 3 heteroatoms. The average molecular weight is 157 g/mol. The lowest BCUT2D eigenvalue weighted by atomic mass is 9.92. The van der Waals surface area contributed by atoms with Crippen LogP contribution >= 0.6 is 0 Å². The fourth-order valence-electron chi connectivity index (χ4n) is 1.82. The Morgan fingerprint density at radius 2 is 2.36 bits per heavy atom. The van der Waals surface area contributed by atoms with Gasteiger partial charge in [-0.05, 0) is 26.2 Å². The van der Waals surface area contributed by atoms with E-state index in [1.165, 1.54) is 0 Å². The van der Waals surface area contributed by atoms with Crippen molar-refractivity contribution in [3.8, 4) is 0 Å². The van der Waals surface area contributed by atoms with Crippen LogP contribution < -0.4 is 5.73 Å². The van der Waals surface area contributed by atoms with Gasteiger partial charge in [-0.3, -0.25) is 4.79 Å². The summed E-state index contributed by atoms with van der Waals surface area (Å²) >= 11 is 0. The molecule has 1 aliphatic rings. The standard InChI is InChI=1S/C8H15NO2/c1-8(11-2)5-3-4-6(8)7(9)10/h6H,3-5H2,1-2H3,(H2,9,10). The van der Waals surface area contributed by atoms with Gasteiger partial charge in [-0.15, -0.1) is 0 Å². The first-order chi connectivity index (χ1) is 5.10. The summed E-state index contributed by atoms with van der Waals surface area (Å²) in [6.45, 7) is 1.95. The van der Waals surface area contributed by atoms with Gasteiger partial charge in [-0.2, -0.15) is 0 Å². The highest BCUT2D eigenvalue weighted by Crippen LogP contribution is 2.37. The molecule has 3 nitrogen and oxygen atoms in total. The summed E-state index contributed by atoms with van der Waals surface area (Å²) in [7, 11) is 1.64. The van der Waals surface area contributed by atoms with Gasteiger partial charge >= 0.3 is 0 Å². The zero-order chi connectivity index (χ0) is 8.48. The molecule has 0 saturated heterocycles. The highest BCUT2D eigenvalue weighted by molar-refractivity contribution is 5.78. The number of hydrogen-bond donors (Lipinski definition) is 1. The molecule has 11 heavy (non-hydrogen) atoms. The molecule has 64 valence electrons. The molecule has 2 unspecified atom stereocenters. The van der Waals surface area contributed by atoms with Crippen molar-refractivity contribution in [1.29, 1.82) is 0 Å². The largest absolute Gasteiger partial charge is 0.378 e. The van der Waals surface area contributed by atoms with Crippen LogP contribution in [-0.2, 0) is 9.53 Å². The second-order valence-electron chi connectivity index (χ2n) is 3.36. The summed E-state index contributed by atoms with van der Waals surface area (Å²) in [4.78, 5) is 10.9. The van der Waals surface area contributed by atoms with Crippen molar-refractivity contribution in [2.45, 2.75) is 31.8 Å². The Morgan fingerprint density at radius 3 is 2.73 bits per heavy atom. The molecular formula is C8H15NO2. The van der Waals surface area contributed by atoms with Crippen molar-refractivity contribution < 1.29 is 9.53 Å². The van der Waals surface area contributed by atoms with Crippen LogP contribution in [0.25, 0.3) is 0 Å². The van der Waals surface area contributed by atoms with Gasteiger partial charge in [0, 0.05) is 7.11 Å². The van der Waals surface area contributed by atoms with Gasteiger partial charge in [0.1, 0.15) is 0 Å². The van der Waals surface area contributed by atoms with Crippen molar-refractivity contribution in [1.82, 2.24) is 0 Å². The number of nitrogens with two attached hydrogens (primary N) is 1. The molecule has 1 saturated carbocycles. The van der Waals surface area contributed by atoms with E-state index in [1.807, 2.05) is 6.92 Å². The predicted octanol–water partition coefficient (Wildman–Crippen LogP) is 0.677. The third kappa shape index (κ3) is 1.38. The molecule has 0 aliphatic heterocycles. The summed E-state index contributed by atoms with van der Waals surface area (Å²) in [6.07, 6.45) is 2.86. The first-order valence-electron chi connectivity index (χ1n) is 3.94. The number of ether oxygens (including phenoxy) is 1. The minimum Gasteiger partial charge on any atom is -0.378 e. The summed E-state index contributed by atoms with van der Waals surface area (Å²) in [5.41, 5.74) is 4.93. The third-order valence-electron chi connectivity index (χ3n) is 2.71. The Hall–Kier alpha value is -0.570. The second kappa shape index (κ2) is 2.81. The number of amides is 1. The molecule has 2 atom stereocenters. The van der Waals surface area contributed by atoms with Crippen molar-refractivity contribution in [2.75, 3.05) is 7.11 Å². The van der Waals surface area contributed by atoms with Gasteiger partial charge in [0.25, 0.3) is 0 Å². The van der Waals surface area contributed by atoms with Crippen LogP contribution in [0.5, 0.6) is 0 Å². The monoisotopic (exact) mass is 157 g/mol. The van der Waals surface area contributed by atoms with E-state index in [-0.39, 0.29) is 17.4 Å². The van der Waals surface area contributed by atoms with E-state index >= 15 is 0 Å². The fraction of sp³-hybridized carbons (Fsp3) is 0.875. The second-order valence-corrected chi connectivity index (χ2v) is 3.36. The molecule has 1 fully saturated rings. The topological polar surface area (TPSA) is 52.3 Å². The molecule has 0 bridgehead atoms. The highest BCUT2D eigenvalue weighted by atomic mass is 16.5. The van der Waals surface area contributed by atoms with Crippen LogP contribution in [0.3, 0.4) is 0 Å². The van der Waals surface area contributed by atoms with Crippen molar-refractivity contribution >= 4 is 5.91 Å². The number of methoxy groups -OCH3 is 1. The maximum atomic E-state index is 10.9. The third-order valence-corrected chi connectivity index (χ3v) is 2.71. The van der Waals surface area contributed by atoms with Gasteiger partial charge in [-0.1, -0.05) is 0 Å². The van der Waals surface area contributed by atoms with Gasteiger partial charge in [0.2, 0.25) is 5.91 Å². The number of hydrogen-bond acceptors (Lipinski definition) is 2. The first kappa shape index (κ1) is 8.53. The number of carbonyl (C=O) groups excluding carboxylic acids is 1. The zero-order valence-electron chi connectivity index (χ0n) is 7.09. The van der Waals surface area contributed by atoms with E-state index < -0.39 is 0 Å². The smallest absolute Gasteiger partial charge is 0.223 e. The van der Waals surface area contributed by atoms with Crippen molar-refractivity contribution in [3.63, 3.8) is 0 Å². The van der Waals surface area contributed by atoms with Crippen molar-refractivity contribution in [3.05, 3.63) is 0 Å². The van der Waals surface area contributed by atoms with E-state index in [9.17, 15) is 4.79 Å². The van der Waals surface area contributed by atoms with Crippen LogP contribution in [0, 0.1) is 5.92 Å². The predicted molar refractivity (Wildman–Crippen MR) is 41.9 cm³/mol. The molecule has 0 spiro atoms. The van der Waals surface area contributed by atoms with E-state index in [0.717, 1.165) is 19.3 Å². The van der Waals surface area contributed by atoms with Gasteiger partial charge in [0.15, 0.2) is 0 Å². The normalized spacial score (nSPS) is 37.5. The maximum Gasteiger partial charge on any atom is 0.223 e. The molecule has 1 aliphatic carbocycles. The Labute approximate surface area is 66.9 Å². The van der Waals surface area contributed by atoms with Crippen LogP contribution in [0.2, 0.25) is 0 Å². The van der Waals surface area contributed by atoms with E-state index in [1.54, 1.807) is 7.11 Å². The van der Waals surface area contributed by atoms with Gasteiger partial charge in [-0.25, -0.2) is 0 Å². The summed E-state index contributed by atoms with van der Waals surface area (Å²) in [6, 6.07) is 0. The van der Waals surface area contributed by atoms with E-state index in [2.05, 4.69) is 0 Å². The lowest BCUT2D eigenvalue weighted by molar-refractivity contribution is -0.130. The summed E-state index contributed by atoms with van der Waals surface area (Å²) in [5, 5.41) is 0. The van der Waals surface area contributed by atoms with Crippen LogP contribution in [0.1, 0.15) is 26.2 Å². The molecule has 2 N–H and O–H groups in total. The quantitative estimate of drug-likeness (QED) is 0.640. The van der Waals surface area contributed by atoms with Crippen LogP contribution in [-0.4, -0.2) is 18.6 Å². The van der Waals surface area contributed by atoms with Gasteiger partial charge in [0.05, 0.1) is 11.5 Å². The fourth-order valence-corrected chi connectivity index (χ4v) is 1.82. The molecule has 1 amide bonds. The molecule has 0 aromatic rings. The highest BCUT2D eigenvalue weighted by Gasteiger charge is 2.42. The molecular weight excluding hydrogens is 142 g/mol. The number of rotatable bonds is 2. The van der Waals surface area contributed by atoms with E-state index in [0.29, 0.717) is 0 Å². The van der Waals surface area contributed by atoms with E-state index in [4.69, 9.17) is 10.5 Å². The minimum atomic E-state index is -0.300. The van der Waals surface area contributed by atoms with Crippen LogP contribution in [0.15, 0.2) is 0 Å². The summed E-state index contributed by atoms with van der Waals surface area (Å²) < 4.78 is 5.27. The van der Waals surface area contributed by atoms with Gasteiger partial charge < -0.3 is 10.5 Å². The minimum absolute atomic E-state index is 0.0903. The average Bonchev–Trinajstić information content (AvgIpc) is 2.32. The Bertz CT molecular complexity index is 169. The summed E-state index contributed by atoms with van der Waals surface area (Å²) in [5.74, 6) is -0.320. The SMILES string of the molecule is COC1(C)CCCC1C(N)=O. The maximum absolute atomic E-state index is 10.9. The zero-order valence-corrected chi connectivity index (χ0v) is 7.09. The Kier molecular flexibility index (Phi) is 2.18. The number of primary amides is 1. The lowest BCUT2D eigenvalue weighted by Crippen LogP contribution is -2.40. The molecule has 0 aromatic heterocycles. The lowest BCUT2D eigenvalue weighted by Gasteiger charge is -2.27. The first-order valence-corrected chi connectivity index (χ1v) is 3.94. The van der Waals surface area contributed by atoms with Crippen LogP contribution in [0.4, 0.5) is 0 Å². The molecule has 1 rings (SSSR count). The Balaban J connectivity index is 2.72. The molecule has 0 radical (unpaired) electrons. The van der Waals surface area contributed by atoms with Crippen molar-refractivity contribution in [2.24, 2.45) is 11.7 Å². The Morgan fingerprint density at radius 1 is 1.73 bits per heavy atom. The molecule has 0 heterocycles. The molecule has 0 aromatic carbocycles. The number of carbonyl (C=O) groups is 1.